The van der Waals surface area contributed by atoms with Gasteiger partial charge in [-0.1, -0.05) is 12.8 Å². The summed E-state index contributed by atoms with van der Waals surface area (Å²) in [6.45, 7) is -0.301. The van der Waals surface area contributed by atoms with Crippen molar-refractivity contribution in [2.24, 2.45) is 5.92 Å². The van der Waals surface area contributed by atoms with E-state index in [0.717, 1.165) is 6.42 Å². The molecule has 0 amide bonds. The molecule has 0 bridgehead atoms. The van der Waals surface area contributed by atoms with Gasteiger partial charge in [-0.15, -0.1) is 0 Å². The standard InChI is InChI=1S/C8H14F3NO3S/c9-8(10,11)16(14,15)12-7-4-2-1-3-6(7)5-13/h6-7,12-13H,1-5H2. The smallest absolute Gasteiger partial charge is 0.396 e. The first-order chi connectivity index (χ1) is 7.28. The van der Waals surface area contributed by atoms with Crippen LogP contribution in [0.25, 0.3) is 0 Å². The monoisotopic (exact) mass is 261 g/mol. The van der Waals surface area contributed by atoms with Crippen LogP contribution in [0, 0.1) is 5.92 Å². The fourth-order valence-corrected chi connectivity index (χ4v) is 2.69. The van der Waals surface area contributed by atoms with Gasteiger partial charge >= 0.3 is 15.5 Å². The van der Waals surface area contributed by atoms with Crippen LogP contribution in [-0.2, 0) is 10.0 Å². The molecular formula is C8H14F3NO3S. The third-order valence-electron chi connectivity index (χ3n) is 2.75. The van der Waals surface area contributed by atoms with Crippen molar-refractivity contribution < 1.29 is 26.7 Å². The molecule has 0 spiro atoms. The summed E-state index contributed by atoms with van der Waals surface area (Å²) in [5, 5.41) is 8.95. The highest BCUT2D eigenvalue weighted by Crippen LogP contribution is 2.28. The molecule has 2 N–H and O–H groups in total. The van der Waals surface area contributed by atoms with E-state index in [2.05, 4.69) is 0 Å². The van der Waals surface area contributed by atoms with Crippen LogP contribution in [0.2, 0.25) is 0 Å². The topological polar surface area (TPSA) is 66.4 Å². The maximum Gasteiger partial charge on any atom is 0.511 e. The third kappa shape index (κ3) is 3.08. The van der Waals surface area contributed by atoms with Crippen LogP contribution in [0.5, 0.6) is 0 Å². The van der Waals surface area contributed by atoms with E-state index in [0.29, 0.717) is 19.3 Å². The second-order valence-corrected chi connectivity index (χ2v) is 5.61. The SMILES string of the molecule is O=S(=O)(NC1CCCCC1CO)C(F)(F)F. The van der Waals surface area contributed by atoms with Crippen LogP contribution in [0.15, 0.2) is 0 Å². The first kappa shape index (κ1) is 13.7. The molecule has 16 heavy (non-hydrogen) atoms. The maximum atomic E-state index is 12.1. The Morgan fingerprint density at radius 1 is 1.25 bits per heavy atom. The largest absolute Gasteiger partial charge is 0.511 e. The molecule has 8 heteroatoms. The van der Waals surface area contributed by atoms with E-state index in [-0.39, 0.29) is 6.61 Å². The van der Waals surface area contributed by atoms with E-state index in [1.165, 1.54) is 0 Å². The fourth-order valence-electron chi connectivity index (χ4n) is 1.85. The predicted molar refractivity (Wildman–Crippen MR) is 50.9 cm³/mol. The number of rotatable bonds is 3. The predicted octanol–water partition coefficient (Wildman–Crippen LogP) is 0.977. The average molecular weight is 261 g/mol. The van der Waals surface area contributed by atoms with Crippen LogP contribution in [-0.4, -0.2) is 31.7 Å². The summed E-state index contributed by atoms with van der Waals surface area (Å²) in [6, 6.07) is -0.814. The summed E-state index contributed by atoms with van der Waals surface area (Å²) >= 11 is 0. The summed E-state index contributed by atoms with van der Waals surface area (Å²) < 4.78 is 59.7. The fraction of sp³-hybridized carbons (Fsp3) is 1.00. The summed E-state index contributed by atoms with van der Waals surface area (Å²) in [6.07, 6.45) is 2.35. The second-order valence-electron chi connectivity index (χ2n) is 3.90. The number of halogens is 3. The Hall–Kier alpha value is -0.340. The van der Waals surface area contributed by atoms with Crippen LogP contribution < -0.4 is 4.72 Å². The highest BCUT2D eigenvalue weighted by Gasteiger charge is 2.47. The van der Waals surface area contributed by atoms with Gasteiger partial charge in [0.1, 0.15) is 0 Å². The zero-order chi connectivity index (χ0) is 12.4. The van der Waals surface area contributed by atoms with Crippen LogP contribution in [0.1, 0.15) is 25.7 Å². The molecule has 2 atom stereocenters. The first-order valence-electron chi connectivity index (χ1n) is 4.97. The van der Waals surface area contributed by atoms with Crippen molar-refractivity contribution in [2.45, 2.75) is 37.2 Å². The molecule has 2 unspecified atom stereocenters. The molecule has 0 saturated heterocycles. The number of aliphatic hydroxyl groups excluding tert-OH is 1. The molecule has 0 aliphatic heterocycles. The van der Waals surface area contributed by atoms with Crippen LogP contribution >= 0.6 is 0 Å². The van der Waals surface area contributed by atoms with Crippen molar-refractivity contribution in [1.82, 2.24) is 4.72 Å². The summed E-state index contributed by atoms with van der Waals surface area (Å²) in [7, 11) is -5.30. The van der Waals surface area contributed by atoms with Gasteiger partial charge in [-0.25, -0.2) is 13.1 Å². The minimum atomic E-state index is -5.30. The lowest BCUT2D eigenvalue weighted by molar-refractivity contribution is -0.0455. The van der Waals surface area contributed by atoms with Gasteiger partial charge in [-0.3, -0.25) is 0 Å². The highest BCUT2D eigenvalue weighted by atomic mass is 32.2. The maximum absolute atomic E-state index is 12.1. The van der Waals surface area contributed by atoms with Crippen LogP contribution in [0.3, 0.4) is 0 Å². The highest BCUT2D eigenvalue weighted by molar-refractivity contribution is 7.90. The van der Waals surface area contributed by atoms with E-state index in [9.17, 15) is 21.6 Å². The number of hydrogen-bond acceptors (Lipinski definition) is 3. The Kier molecular flexibility index (Phi) is 4.19. The average Bonchev–Trinajstić information content (AvgIpc) is 2.16. The number of alkyl halides is 3. The molecule has 4 nitrogen and oxygen atoms in total. The van der Waals surface area contributed by atoms with Gasteiger partial charge in [0.05, 0.1) is 0 Å². The molecule has 0 aromatic carbocycles. The van der Waals surface area contributed by atoms with Gasteiger partial charge in [0.2, 0.25) is 0 Å². The Morgan fingerprint density at radius 2 is 1.81 bits per heavy atom. The lowest BCUT2D eigenvalue weighted by atomic mass is 9.86. The van der Waals surface area contributed by atoms with E-state index in [4.69, 9.17) is 5.11 Å². The molecule has 1 aliphatic rings. The van der Waals surface area contributed by atoms with Gasteiger partial charge in [0, 0.05) is 12.6 Å². The Balaban J connectivity index is 2.72. The molecule has 0 aromatic heterocycles. The number of aliphatic hydroxyl groups is 1. The van der Waals surface area contributed by atoms with Gasteiger partial charge in [0.15, 0.2) is 0 Å². The van der Waals surface area contributed by atoms with Gasteiger partial charge in [0.25, 0.3) is 0 Å². The zero-order valence-electron chi connectivity index (χ0n) is 8.50. The van der Waals surface area contributed by atoms with Gasteiger partial charge < -0.3 is 5.11 Å². The van der Waals surface area contributed by atoms with E-state index >= 15 is 0 Å². The van der Waals surface area contributed by atoms with Crippen molar-refractivity contribution in [3.63, 3.8) is 0 Å². The van der Waals surface area contributed by atoms with Crippen molar-refractivity contribution >= 4 is 10.0 Å². The Bertz CT molecular complexity index is 328. The van der Waals surface area contributed by atoms with Crippen molar-refractivity contribution in [3.8, 4) is 0 Å². The molecule has 96 valence electrons. The van der Waals surface area contributed by atoms with Gasteiger partial charge in [-0.05, 0) is 18.8 Å². The molecule has 0 aromatic rings. The summed E-state index contributed by atoms with van der Waals surface area (Å²) in [5.41, 5.74) is -5.29. The van der Waals surface area contributed by atoms with E-state index in [1.807, 2.05) is 0 Å². The minimum Gasteiger partial charge on any atom is -0.396 e. The molecule has 1 aliphatic carbocycles. The Labute approximate surface area is 91.9 Å². The minimum absolute atomic E-state index is 0.301. The third-order valence-corrected chi connectivity index (χ3v) is 3.98. The van der Waals surface area contributed by atoms with Crippen molar-refractivity contribution in [2.75, 3.05) is 6.61 Å². The van der Waals surface area contributed by atoms with E-state index in [1.54, 1.807) is 4.72 Å². The van der Waals surface area contributed by atoms with Gasteiger partial charge in [-0.2, -0.15) is 13.2 Å². The number of nitrogens with one attached hydrogen (secondary N) is 1. The lowest BCUT2D eigenvalue weighted by Gasteiger charge is -2.30. The lowest BCUT2D eigenvalue weighted by Crippen LogP contribution is -2.47. The zero-order valence-corrected chi connectivity index (χ0v) is 9.31. The molecule has 0 heterocycles. The van der Waals surface area contributed by atoms with Crippen LogP contribution in [0.4, 0.5) is 13.2 Å². The number of sulfonamides is 1. The molecule has 1 saturated carbocycles. The van der Waals surface area contributed by atoms with Crippen molar-refractivity contribution in [3.05, 3.63) is 0 Å². The first-order valence-corrected chi connectivity index (χ1v) is 6.45. The second kappa shape index (κ2) is 4.89. The molecule has 0 radical (unpaired) electrons. The normalized spacial score (nSPS) is 28.0. The summed E-state index contributed by atoms with van der Waals surface area (Å²) in [4.78, 5) is 0. The molecule has 1 rings (SSSR count). The molecule has 1 fully saturated rings. The quantitative estimate of drug-likeness (QED) is 0.795. The molecular weight excluding hydrogens is 247 g/mol. The number of hydrogen-bond donors (Lipinski definition) is 2. The summed E-state index contributed by atoms with van der Waals surface area (Å²) in [5.74, 6) is -0.425. The Morgan fingerprint density at radius 3 is 2.31 bits per heavy atom. The van der Waals surface area contributed by atoms with Crippen molar-refractivity contribution in [1.29, 1.82) is 0 Å². The van der Waals surface area contributed by atoms with E-state index < -0.39 is 27.5 Å².